The van der Waals surface area contributed by atoms with Crippen LogP contribution in [0.15, 0.2) is 54.6 Å². The van der Waals surface area contributed by atoms with Gasteiger partial charge in [-0.25, -0.2) is 0 Å². The van der Waals surface area contributed by atoms with Gasteiger partial charge in [0.1, 0.15) is 0 Å². The number of anilines is 2. The summed E-state index contributed by atoms with van der Waals surface area (Å²) in [4.78, 5) is 11.5. The monoisotopic (exact) mass is 300 g/mol. The molecule has 0 saturated heterocycles. The zero-order valence-electron chi connectivity index (χ0n) is 12.3. The fourth-order valence-corrected chi connectivity index (χ4v) is 2.39. The number of carbonyl (C=O) groups is 1. The Hall–Kier alpha value is -1.94. The van der Waals surface area contributed by atoms with Gasteiger partial charge in [0, 0.05) is 17.4 Å². The Balaban J connectivity index is 1.95. The average molecular weight is 300 g/mol. The lowest BCUT2D eigenvalue weighted by Crippen LogP contribution is -2.13. The molecule has 1 atom stereocenters. The molecule has 4 heteroatoms. The first kappa shape index (κ1) is 15.4. The molecule has 0 fully saturated rings. The summed E-state index contributed by atoms with van der Waals surface area (Å²) in [5.74, 6) is 0.506. The number of benzene rings is 2. The van der Waals surface area contributed by atoms with Crippen LogP contribution in [0.3, 0.4) is 0 Å². The van der Waals surface area contributed by atoms with Crippen molar-refractivity contribution < 1.29 is 4.79 Å². The minimum atomic E-state index is 0.0286. The number of hydrogen-bond acceptors (Lipinski definition) is 3. The topological polar surface area (TPSA) is 41.1 Å². The zero-order valence-corrected chi connectivity index (χ0v) is 13.1. The predicted octanol–water partition coefficient (Wildman–Crippen LogP) is 4.16. The summed E-state index contributed by atoms with van der Waals surface area (Å²) in [5, 5.41) is 6.31. The summed E-state index contributed by atoms with van der Waals surface area (Å²) in [6.07, 6.45) is 1.91. The number of rotatable bonds is 6. The molecule has 0 radical (unpaired) electrons. The minimum absolute atomic E-state index is 0.0286. The lowest BCUT2D eigenvalue weighted by Gasteiger charge is -2.16. The number of hydrogen-bond donors (Lipinski definition) is 2. The van der Waals surface area contributed by atoms with Crippen molar-refractivity contribution in [3.05, 3.63) is 60.2 Å². The third-order valence-electron chi connectivity index (χ3n) is 3.13. The second-order valence-corrected chi connectivity index (χ2v) is 5.70. The van der Waals surface area contributed by atoms with Gasteiger partial charge in [-0.3, -0.25) is 4.79 Å². The maximum atomic E-state index is 11.5. The first-order valence-corrected chi connectivity index (χ1v) is 8.29. The van der Waals surface area contributed by atoms with Crippen LogP contribution in [0.5, 0.6) is 0 Å². The maximum Gasteiger partial charge on any atom is 0.234 e. The number of nitrogens with one attached hydrogen (secondary N) is 2. The smallest absolute Gasteiger partial charge is 0.234 e. The number of carbonyl (C=O) groups excluding carboxylic acids is 1. The average Bonchev–Trinajstić information content (AvgIpc) is 2.50. The summed E-state index contributed by atoms with van der Waals surface area (Å²) in [6.45, 7) is 2.13. The van der Waals surface area contributed by atoms with Crippen molar-refractivity contribution in [2.45, 2.75) is 13.0 Å². The summed E-state index contributed by atoms with van der Waals surface area (Å²) >= 11 is 1.51. The Kier molecular flexibility index (Phi) is 5.69. The highest BCUT2D eigenvalue weighted by atomic mass is 32.2. The van der Waals surface area contributed by atoms with Gasteiger partial charge in [0.25, 0.3) is 0 Å². The molecule has 3 nitrogen and oxygen atoms in total. The third kappa shape index (κ3) is 4.83. The van der Waals surface area contributed by atoms with E-state index in [2.05, 4.69) is 29.7 Å². The standard InChI is InChI=1S/C17H20N2OS/c1-13(14-6-4-3-5-7-14)18-15-8-10-16(11-9-15)19-17(20)12-21-2/h3-11,13,18H,12H2,1-2H3,(H,19,20)/t13-/m0/s1. The summed E-state index contributed by atoms with van der Waals surface area (Å²) < 4.78 is 0. The highest BCUT2D eigenvalue weighted by Gasteiger charge is 2.05. The third-order valence-corrected chi connectivity index (χ3v) is 3.68. The minimum Gasteiger partial charge on any atom is -0.379 e. The number of amides is 1. The number of thioether (sulfide) groups is 1. The quantitative estimate of drug-likeness (QED) is 0.841. The highest BCUT2D eigenvalue weighted by Crippen LogP contribution is 2.20. The van der Waals surface area contributed by atoms with Crippen molar-refractivity contribution in [3.63, 3.8) is 0 Å². The largest absolute Gasteiger partial charge is 0.379 e. The van der Waals surface area contributed by atoms with E-state index in [4.69, 9.17) is 0 Å². The SMILES string of the molecule is CSCC(=O)Nc1ccc(N[C@@H](C)c2ccccc2)cc1. The molecule has 2 aromatic carbocycles. The Morgan fingerprint density at radius 3 is 2.29 bits per heavy atom. The van der Waals surface area contributed by atoms with Crippen molar-refractivity contribution in [2.75, 3.05) is 22.6 Å². The summed E-state index contributed by atoms with van der Waals surface area (Å²) in [7, 11) is 0. The Bertz CT molecular complexity index is 569. The van der Waals surface area contributed by atoms with Crippen LogP contribution in [-0.2, 0) is 4.79 Å². The van der Waals surface area contributed by atoms with Crippen LogP contribution in [-0.4, -0.2) is 17.9 Å². The van der Waals surface area contributed by atoms with Crippen LogP contribution in [0.4, 0.5) is 11.4 Å². The predicted molar refractivity (Wildman–Crippen MR) is 91.9 cm³/mol. The van der Waals surface area contributed by atoms with E-state index in [1.54, 1.807) is 0 Å². The molecule has 0 unspecified atom stereocenters. The van der Waals surface area contributed by atoms with Crippen LogP contribution in [0.1, 0.15) is 18.5 Å². The van der Waals surface area contributed by atoms with E-state index in [1.807, 2.05) is 48.7 Å². The van der Waals surface area contributed by atoms with Gasteiger partial charge < -0.3 is 10.6 Å². The van der Waals surface area contributed by atoms with Gasteiger partial charge in [-0.1, -0.05) is 30.3 Å². The Labute approximate surface area is 130 Å². The lowest BCUT2D eigenvalue weighted by molar-refractivity contribution is -0.113. The van der Waals surface area contributed by atoms with Crippen molar-refractivity contribution >= 4 is 29.0 Å². The van der Waals surface area contributed by atoms with Crippen LogP contribution in [0.25, 0.3) is 0 Å². The molecule has 21 heavy (non-hydrogen) atoms. The van der Waals surface area contributed by atoms with Crippen molar-refractivity contribution in [3.8, 4) is 0 Å². The van der Waals surface area contributed by atoms with Crippen molar-refractivity contribution in [1.29, 1.82) is 0 Å². The highest BCUT2D eigenvalue weighted by molar-refractivity contribution is 7.99. The fraction of sp³-hybridized carbons (Fsp3) is 0.235. The lowest BCUT2D eigenvalue weighted by atomic mass is 10.1. The Morgan fingerprint density at radius 1 is 1.05 bits per heavy atom. The molecule has 1 amide bonds. The molecule has 110 valence electrons. The van der Waals surface area contributed by atoms with E-state index >= 15 is 0 Å². The van der Waals surface area contributed by atoms with E-state index in [9.17, 15) is 4.79 Å². The maximum absolute atomic E-state index is 11.5. The molecular formula is C17H20N2OS. The molecule has 0 saturated carbocycles. The summed E-state index contributed by atoms with van der Waals surface area (Å²) in [6, 6.07) is 18.3. The van der Waals surface area contributed by atoms with Gasteiger partial charge in [-0.05, 0) is 43.0 Å². The molecule has 0 aliphatic carbocycles. The molecule has 0 aromatic heterocycles. The first-order chi connectivity index (χ1) is 10.2. The molecule has 0 heterocycles. The Morgan fingerprint density at radius 2 is 1.67 bits per heavy atom. The van der Waals surface area contributed by atoms with Gasteiger partial charge in [0.05, 0.1) is 5.75 Å². The molecule has 0 aliphatic heterocycles. The normalized spacial score (nSPS) is 11.7. The van der Waals surface area contributed by atoms with Crippen LogP contribution < -0.4 is 10.6 Å². The molecule has 0 spiro atoms. The van der Waals surface area contributed by atoms with E-state index in [0.29, 0.717) is 5.75 Å². The first-order valence-electron chi connectivity index (χ1n) is 6.89. The molecule has 2 N–H and O–H groups in total. The van der Waals surface area contributed by atoms with E-state index in [1.165, 1.54) is 17.3 Å². The second kappa shape index (κ2) is 7.74. The van der Waals surface area contributed by atoms with Crippen molar-refractivity contribution in [2.24, 2.45) is 0 Å². The van der Waals surface area contributed by atoms with E-state index < -0.39 is 0 Å². The molecule has 2 rings (SSSR count). The van der Waals surface area contributed by atoms with E-state index in [0.717, 1.165) is 11.4 Å². The van der Waals surface area contributed by atoms with Gasteiger partial charge in [0.15, 0.2) is 0 Å². The van der Waals surface area contributed by atoms with Gasteiger partial charge >= 0.3 is 0 Å². The molecule has 2 aromatic rings. The van der Waals surface area contributed by atoms with E-state index in [-0.39, 0.29) is 11.9 Å². The van der Waals surface area contributed by atoms with Gasteiger partial charge in [0.2, 0.25) is 5.91 Å². The van der Waals surface area contributed by atoms with Crippen molar-refractivity contribution in [1.82, 2.24) is 0 Å². The molecule has 0 bridgehead atoms. The van der Waals surface area contributed by atoms with Crippen LogP contribution in [0, 0.1) is 0 Å². The molecule has 0 aliphatic rings. The van der Waals surface area contributed by atoms with Crippen LogP contribution in [0.2, 0.25) is 0 Å². The summed E-state index contributed by atoms with van der Waals surface area (Å²) in [5.41, 5.74) is 3.11. The second-order valence-electron chi connectivity index (χ2n) is 4.84. The fourth-order valence-electron chi connectivity index (χ4n) is 2.05. The van der Waals surface area contributed by atoms with Gasteiger partial charge in [-0.2, -0.15) is 11.8 Å². The molecular weight excluding hydrogens is 280 g/mol. The van der Waals surface area contributed by atoms with Crippen LogP contribution >= 0.6 is 11.8 Å². The van der Waals surface area contributed by atoms with Gasteiger partial charge in [-0.15, -0.1) is 0 Å². The zero-order chi connectivity index (χ0) is 15.1.